The minimum atomic E-state index is -0.186. The summed E-state index contributed by atoms with van der Waals surface area (Å²) >= 11 is 6.10. The van der Waals surface area contributed by atoms with Crippen LogP contribution in [0.4, 0.5) is 5.95 Å². The summed E-state index contributed by atoms with van der Waals surface area (Å²) in [5.74, 6) is 0.159. The van der Waals surface area contributed by atoms with Crippen molar-refractivity contribution in [3.63, 3.8) is 0 Å². The number of imidazole rings is 1. The van der Waals surface area contributed by atoms with Crippen molar-refractivity contribution < 1.29 is 9.84 Å². The average Bonchev–Trinajstić information content (AvgIpc) is 2.89. The summed E-state index contributed by atoms with van der Waals surface area (Å²) in [4.78, 5) is 19.9. The number of aromatic nitrogens is 4. The van der Waals surface area contributed by atoms with Crippen molar-refractivity contribution in [2.24, 2.45) is 14.1 Å². The number of nitrogens with two attached hydrogens (primary N) is 1. The summed E-state index contributed by atoms with van der Waals surface area (Å²) in [7, 11) is 3.46. The van der Waals surface area contributed by atoms with E-state index in [0.717, 1.165) is 36.0 Å². The third kappa shape index (κ3) is 4.13. The first kappa shape index (κ1) is 19.3. The Labute approximate surface area is 161 Å². The molecular weight excluding hydrogens is 370 g/mol. The quantitative estimate of drug-likeness (QED) is 0.654. The van der Waals surface area contributed by atoms with Crippen molar-refractivity contribution in [2.45, 2.75) is 18.9 Å². The molecule has 0 amide bonds. The molecule has 2 aromatic heterocycles. The molecule has 3 heterocycles. The number of aliphatic hydroxyl groups is 1. The predicted octanol–water partition coefficient (Wildman–Crippen LogP) is 1.73. The molecule has 1 saturated heterocycles. The molecule has 8 nitrogen and oxygen atoms in total. The fourth-order valence-electron chi connectivity index (χ4n) is 2.96. The summed E-state index contributed by atoms with van der Waals surface area (Å²) in [6.07, 6.45) is 3.21. The van der Waals surface area contributed by atoms with Gasteiger partial charge in [-0.2, -0.15) is 0 Å². The maximum atomic E-state index is 11.9. The Bertz CT molecular complexity index is 1010. The summed E-state index contributed by atoms with van der Waals surface area (Å²) in [5.41, 5.74) is 8.52. The summed E-state index contributed by atoms with van der Waals surface area (Å²) in [5, 5.41) is 9.20. The highest BCUT2D eigenvalue weighted by Crippen LogP contribution is 2.28. The van der Waals surface area contributed by atoms with E-state index in [1.807, 2.05) is 18.2 Å². The zero-order chi connectivity index (χ0) is 19.6. The van der Waals surface area contributed by atoms with Crippen LogP contribution >= 0.6 is 11.6 Å². The van der Waals surface area contributed by atoms with Crippen molar-refractivity contribution in [3.05, 3.63) is 39.9 Å². The lowest BCUT2D eigenvalue weighted by atomic mass is 10.1. The lowest BCUT2D eigenvalue weighted by Crippen LogP contribution is -2.21. The van der Waals surface area contributed by atoms with Crippen LogP contribution in [0.3, 0.4) is 0 Å². The van der Waals surface area contributed by atoms with E-state index in [-0.39, 0.29) is 17.7 Å². The number of halogens is 1. The molecule has 3 N–H and O–H groups in total. The second-order valence-corrected chi connectivity index (χ2v) is 6.81. The normalized spacial score (nSPS) is 16.8. The first-order valence-corrected chi connectivity index (χ1v) is 8.96. The Morgan fingerprint density at radius 2 is 2.04 bits per heavy atom. The molecule has 1 aliphatic rings. The number of nitrogen functional groups attached to an aromatic ring is 1. The van der Waals surface area contributed by atoms with Crippen LogP contribution in [-0.2, 0) is 18.8 Å². The second kappa shape index (κ2) is 8.08. The standard InChI is InChI=1S/C13H12ClN5O.C5H10O2/c1-18-9-4-3-7(5-10(9)19(2)13(18)20)11-8(14)6-16-12(15)17-11;6-5-2-1-3-7-4-5/h3-6H,1-2H3,(H2,15,16,17);5-6H,1-4H2. The van der Waals surface area contributed by atoms with E-state index in [9.17, 15) is 4.79 Å². The minimum absolute atomic E-state index is 0.0783. The Morgan fingerprint density at radius 1 is 1.30 bits per heavy atom. The van der Waals surface area contributed by atoms with Crippen LogP contribution in [0.25, 0.3) is 22.3 Å². The molecule has 1 fully saturated rings. The van der Waals surface area contributed by atoms with Crippen LogP contribution in [-0.4, -0.2) is 43.5 Å². The molecular formula is C18H22ClN5O3. The van der Waals surface area contributed by atoms with E-state index < -0.39 is 0 Å². The van der Waals surface area contributed by atoms with Gasteiger partial charge in [-0.05, 0) is 25.0 Å². The first-order chi connectivity index (χ1) is 12.9. The predicted molar refractivity (Wildman–Crippen MR) is 105 cm³/mol. The third-order valence-electron chi connectivity index (χ3n) is 4.44. The van der Waals surface area contributed by atoms with Crippen LogP contribution in [0.1, 0.15) is 12.8 Å². The van der Waals surface area contributed by atoms with Gasteiger partial charge in [0.1, 0.15) is 0 Å². The highest BCUT2D eigenvalue weighted by Gasteiger charge is 2.12. The minimum Gasteiger partial charge on any atom is -0.391 e. The van der Waals surface area contributed by atoms with Crippen LogP contribution in [0, 0.1) is 0 Å². The first-order valence-electron chi connectivity index (χ1n) is 8.58. The molecule has 0 saturated carbocycles. The Hall–Kier alpha value is -2.42. The van der Waals surface area contributed by atoms with Crippen LogP contribution < -0.4 is 11.4 Å². The van der Waals surface area contributed by atoms with E-state index in [2.05, 4.69) is 9.97 Å². The van der Waals surface area contributed by atoms with Gasteiger partial charge in [0.05, 0.1) is 40.7 Å². The van der Waals surface area contributed by atoms with Crippen molar-refractivity contribution >= 4 is 28.6 Å². The Morgan fingerprint density at radius 3 is 2.67 bits per heavy atom. The molecule has 0 aliphatic carbocycles. The number of aliphatic hydroxyl groups excluding tert-OH is 1. The molecule has 1 aromatic carbocycles. The molecule has 0 bridgehead atoms. The van der Waals surface area contributed by atoms with Gasteiger partial charge in [0, 0.05) is 26.3 Å². The smallest absolute Gasteiger partial charge is 0.328 e. The molecule has 3 aromatic rings. The number of anilines is 1. The number of hydrogen-bond donors (Lipinski definition) is 2. The van der Waals surface area contributed by atoms with E-state index >= 15 is 0 Å². The third-order valence-corrected chi connectivity index (χ3v) is 4.72. The van der Waals surface area contributed by atoms with Gasteiger partial charge in [0.15, 0.2) is 0 Å². The molecule has 9 heteroatoms. The number of nitrogens with zero attached hydrogens (tertiary/aromatic N) is 4. The van der Waals surface area contributed by atoms with E-state index in [1.165, 1.54) is 6.20 Å². The zero-order valence-electron chi connectivity index (χ0n) is 15.2. The zero-order valence-corrected chi connectivity index (χ0v) is 16.0. The van der Waals surface area contributed by atoms with Crippen LogP contribution in [0.2, 0.25) is 5.02 Å². The molecule has 1 aliphatic heterocycles. The van der Waals surface area contributed by atoms with Crippen molar-refractivity contribution in [2.75, 3.05) is 18.9 Å². The molecule has 0 radical (unpaired) electrons. The van der Waals surface area contributed by atoms with Crippen molar-refractivity contribution in [3.8, 4) is 11.3 Å². The SMILES string of the molecule is Cn1c(=O)n(C)c2cc(-c3nc(N)ncc3Cl)ccc21.OC1CCCOC1. The lowest BCUT2D eigenvalue weighted by Gasteiger charge is -2.15. The molecule has 27 heavy (non-hydrogen) atoms. The van der Waals surface area contributed by atoms with Crippen molar-refractivity contribution in [1.29, 1.82) is 0 Å². The van der Waals surface area contributed by atoms with E-state index in [1.54, 1.807) is 23.2 Å². The van der Waals surface area contributed by atoms with Gasteiger partial charge >= 0.3 is 5.69 Å². The number of aryl methyl sites for hydroxylation is 2. The van der Waals surface area contributed by atoms with Gasteiger partial charge in [-0.1, -0.05) is 17.7 Å². The fourth-order valence-corrected chi connectivity index (χ4v) is 3.16. The summed E-state index contributed by atoms with van der Waals surface area (Å²) < 4.78 is 8.10. The molecule has 0 spiro atoms. The second-order valence-electron chi connectivity index (χ2n) is 6.40. The van der Waals surface area contributed by atoms with E-state index in [0.29, 0.717) is 17.3 Å². The van der Waals surface area contributed by atoms with Crippen LogP contribution in [0.5, 0.6) is 0 Å². The van der Waals surface area contributed by atoms with Crippen LogP contribution in [0.15, 0.2) is 29.2 Å². The maximum absolute atomic E-state index is 11.9. The molecule has 1 atom stereocenters. The number of ether oxygens (including phenoxy) is 1. The van der Waals surface area contributed by atoms with Gasteiger partial charge in [0.2, 0.25) is 5.95 Å². The van der Waals surface area contributed by atoms with Gasteiger partial charge in [-0.15, -0.1) is 0 Å². The Kier molecular flexibility index (Phi) is 5.79. The molecule has 1 unspecified atom stereocenters. The maximum Gasteiger partial charge on any atom is 0.328 e. The van der Waals surface area contributed by atoms with Gasteiger partial charge in [-0.3, -0.25) is 9.13 Å². The average molecular weight is 392 g/mol. The fraction of sp³-hybridized carbons (Fsp3) is 0.389. The van der Waals surface area contributed by atoms with Gasteiger partial charge in [-0.25, -0.2) is 14.8 Å². The number of rotatable bonds is 1. The van der Waals surface area contributed by atoms with Crippen molar-refractivity contribution in [1.82, 2.24) is 19.1 Å². The lowest BCUT2D eigenvalue weighted by molar-refractivity contribution is -0.00535. The number of benzene rings is 1. The van der Waals surface area contributed by atoms with Gasteiger partial charge in [0.25, 0.3) is 0 Å². The number of hydrogen-bond acceptors (Lipinski definition) is 6. The highest BCUT2D eigenvalue weighted by atomic mass is 35.5. The summed E-state index contributed by atoms with van der Waals surface area (Å²) in [6, 6.07) is 5.58. The largest absolute Gasteiger partial charge is 0.391 e. The highest BCUT2D eigenvalue weighted by molar-refractivity contribution is 6.33. The topological polar surface area (TPSA) is 108 Å². The van der Waals surface area contributed by atoms with Gasteiger partial charge < -0.3 is 15.6 Å². The number of fused-ring (bicyclic) bond motifs is 1. The Balaban J connectivity index is 0.000000253. The molecule has 144 valence electrons. The van der Waals surface area contributed by atoms with E-state index in [4.69, 9.17) is 27.2 Å². The summed E-state index contributed by atoms with van der Waals surface area (Å²) in [6.45, 7) is 1.37. The molecule has 4 rings (SSSR count). The monoisotopic (exact) mass is 391 g/mol.